The molecule has 4 rings (SSSR count). The number of benzene rings is 1. The summed E-state index contributed by atoms with van der Waals surface area (Å²) < 4.78 is 6.97. The molecule has 1 fully saturated rings. The number of aromatic nitrogens is 5. The molecule has 0 spiro atoms. The number of methoxy groups -OCH3 is 1. The van der Waals surface area contributed by atoms with E-state index < -0.39 is 0 Å². The van der Waals surface area contributed by atoms with Crippen molar-refractivity contribution < 1.29 is 9.53 Å². The van der Waals surface area contributed by atoms with Gasteiger partial charge in [0.2, 0.25) is 0 Å². The van der Waals surface area contributed by atoms with Crippen LogP contribution in [0.15, 0.2) is 47.9 Å². The van der Waals surface area contributed by atoms with E-state index in [-0.39, 0.29) is 5.91 Å². The third-order valence-electron chi connectivity index (χ3n) is 5.06. The van der Waals surface area contributed by atoms with Gasteiger partial charge in [0.15, 0.2) is 10.9 Å². The Morgan fingerprint density at radius 2 is 1.77 bits per heavy atom. The highest BCUT2D eigenvalue weighted by Crippen LogP contribution is 2.25. The smallest absolute Gasteiger partial charge is 0.276 e. The van der Waals surface area contributed by atoms with E-state index in [9.17, 15) is 4.79 Å². The molecule has 156 valence electrons. The standard InChI is InChI=1S/C21H24N6O2S/c1-29-17-9-7-16(8-10-17)27-18(15-30-21-22-11-6-12-23-21)19(24-25-27)20(28)26-13-4-2-3-5-14-26/h6-12H,2-5,13-15H2,1H3. The molecule has 8 nitrogen and oxygen atoms in total. The van der Waals surface area contributed by atoms with E-state index in [0.29, 0.717) is 16.6 Å². The average Bonchev–Trinajstić information content (AvgIpc) is 3.02. The van der Waals surface area contributed by atoms with E-state index in [1.165, 1.54) is 11.8 Å². The van der Waals surface area contributed by atoms with E-state index in [2.05, 4.69) is 20.3 Å². The molecule has 1 aliphatic rings. The highest BCUT2D eigenvalue weighted by Gasteiger charge is 2.26. The van der Waals surface area contributed by atoms with Gasteiger partial charge in [0.1, 0.15) is 5.75 Å². The number of carbonyl (C=O) groups excluding carboxylic acids is 1. The van der Waals surface area contributed by atoms with Crippen molar-refractivity contribution in [2.45, 2.75) is 36.6 Å². The number of hydrogen-bond donors (Lipinski definition) is 0. The van der Waals surface area contributed by atoms with Gasteiger partial charge in [-0.2, -0.15) is 0 Å². The lowest BCUT2D eigenvalue weighted by atomic mass is 10.2. The van der Waals surface area contributed by atoms with E-state index in [1.54, 1.807) is 30.3 Å². The zero-order valence-electron chi connectivity index (χ0n) is 16.9. The van der Waals surface area contributed by atoms with Gasteiger partial charge in [-0.1, -0.05) is 29.8 Å². The van der Waals surface area contributed by atoms with E-state index in [1.807, 2.05) is 29.2 Å². The first-order chi connectivity index (χ1) is 14.8. The molecule has 0 radical (unpaired) electrons. The van der Waals surface area contributed by atoms with Crippen LogP contribution in [0, 0.1) is 0 Å². The van der Waals surface area contributed by atoms with Crippen molar-refractivity contribution in [1.29, 1.82) is 0 Å². The number of hydrogen-bond acceptors (Lipinski definition) is 7. The number of likely N-dealkylation sites (tertiary alicyclic amines) is 1. The SMILES string of the molecule is COc1ccc(-n2nnc(C(=O)N3CCCCCC3)c2CSc2ncccn2)cc1. The predicted octanol–water partition coefficient (Wildman–Crippen LogP) is 3.37. The largest absolute Gasteiger partial charge is 0.497 e. The third kappa shape index (κ3) is 4.62. The second kappa shape index (κ2) is 9.71. The van der Waals surface area contributed by atoms with Crippen molar-refractivity contribution in [2.24, 2.45) is 0 Å². The topological polar surface area (TPSA) is 86.0 Å². The van der Waals surface area contributed by atoms with Crippen LogP contribution in [0.2, 0.25) is 0 Å². The van der Waals surface area contributed by atoms with Gasteiger partial charge in [0.25, 0.3) is 5.91 Å². The van der Waals surface area contributed by atoms with Crippen molar-refractivity contribution in [3.05, 3.63) is 54.1 Å². The molecule has 0 unspecified atom stereocenters. The van der Waals surface area contributed by atoms with Crippen LogP contribution in [0.4, 0.5) is 0 Å². The molecule has 1 aliphatic heterocycles. The van der Waals surface area contributed by atoms with Crippen LogP contribution in [0.5, 0.6) is 5.75 Å². The molecule has 9 heteroatoms. The van der Waals surface area contributed by atoms with Gasteiger partial charge >= 0.3 is 0 Å². The first-order valence-corrected chi connectivity index (χ1v) is 11.0. The summed E-state index contributed by atoms with van der Waals surface area (Å²) in [6.45, 7) is 1.53. The third-order valence-corrected chi connectivity index (χ3v) is 5.94. The monoisotopic (exact) mass is 424 g/mol. The molecule has 2 aromatic heterocycles. The lowest BCUT2D eigenvalue weighted by molar-refractivity contribution is 0.0755. The Hall–Kier alpha value is -2.94. The van der Waals surface area contributed by atoms with Crippen molar-refractivity contribution in [1.82, 2.24) is 29.9 Å². The number of thioether (sulfide) groups is 1. The number of ether oxygens (including phenoxy) is 1. The summed E-state index contributed by atoms with van der Waals surface area (Å²) in [6, 6.07) is 9.32. The van der Waals surface area contributed by atoms with Crippen LogP contribution in [-0.4, -0.2) is 56.0 Å². The molecule has 30 heavy (non-hydrogen) atoms. The van der Waals surface area contributed by atoms with Crippen LogP contribution in [0.3, 0.4) is 0 Å². The number of nitrogens with zero attached hydrogens (tertiary/aromatic N) is 6. The normalized spacial score (nSPS) is 14.4. The van der Waals surface area contributed by atoms with Gasteiger partial charge in [-0.25, -0.2) is 14.6 Å². The Bertz CT molecular complexity index is 969. The molecular formula is C21H24N6O2S. The van der Waals surface area contributed by atoms with E-state index >= 15 is 0 Å². The summed E-state index contributed by atoms with van der Waals surface area (Å²) in [5.74, 6) is 1.19. The molecule has 0 atom stereocenters. The molecule has 3 aromatic rings. The fraction of sp³-hybridized carbons (Fsp3) is 0.381. The zero-order chi connectivity index (χ0) is 20.8. The van der Waals surface area contributed by atoms with Gasteiger partial charge < -0.3 is 9.64 Å². The lowest BCUT2D eigenvalue weighted by Crippen LogP contribution is -2.32. The Kier molecular flexibility index (Phi) is 6.58. The molecular weight excluding hydrogens is 400 g/mol. The molecule has 0 aliphatic carbocycles. The van der Waals surface area contributed by atoms with Gasteiger partial charge in [0.05, 0.1) is 18.5 Å². The fourth-order valence-corrected chi connectivity index (χ4v) is 4.24. The fourth-order valence-electron chi connectivity index (χ4n) is 3.44. The maximum Gasteiger partial charge on any atom is 0.276 e. The summed E-state index contributed by atoms with van der Waals surface area (Å²) in [6.07, 6.45) is 7.79. The Morgan fingerprint density at radius 3 is 2.43 bits per heavy atom. The zero-order valence-corrected chi connectivity index (χ0v) is 17.7. The molecule has 0 bridgehead atoms. The summed E-state index contributed by atoms with van der Waals surface area (Å²) >= 11 is 1.46. The van der Waals surface area contributed by atoms with Gasteiger partial charge in [-0.3, -0.25) is 4.79 Å². The minimum absolute atomic E-state index is 0.0544. The summed E-state index contributed by atoms with van der Waals surface area (Å²) in [5, 5.41) is 9.25. The van der Waals surface area contributed by atoms with Crippen LogP contribution >= 0.6 is 11.8 Å². The molecule has 1 aromatic carbocycles. The maximum atomic E-state index is 13.3. The minimum atomic E-state index is -0.0544. The molecule has 0 N–H and O–H groups in total. The van der Waals surface area contributed by atoms with Gasteiger partial charge in [0, 0.05) is 31.2 Å². The van der Waals surface area contributed by atoms with Crippen LogP contribution in [-0.2, 0) is 5.75 Å². The van der Waals surface area contributed by atoms with Crippen LogP contribution in [0.1, 0.15) is 41.9 Å². The second-order valence-corrected chi connectivity index (χ2v) is 7.96. The van der Waals surface area contributed by atoms with Crippen molar-refractivity contribution >= 4 is 17.7 Å². The molecule has 1 amide bonds. The highest BCUT2D eigenvalue weighted by atomic mass is 32.2. The first kappa shape index (κ1) is 20.3. The van der Waals surface area contributed by atoms with E-state index in [0.717, 1.165) is 55.9 Å². The molecule has 3 heterocycles. The summed E-state index contributed by atoms with van der Waals surface area (Å²) in [4.78, 5) is 23.7. The van der Waals surface area contributed by atoms with Gasteiger partial charge in [-0.15, -0.1) is 5.10 Å². The molecule has 0 saturated carbocycles. The Labute approximate surface area is 179 Å². The second-order valence-electron chi connectivity index (χ2n) is 7.02. The van der Waals surface area contributed by atoms with Gasteiger partial charge in [-0.05, 0) is 43.2 Å². The predicted molar refractivity (Wildman–Crippen MR) is 114 cm³/mol. The average molecular weight is 425 g/mol. The van der Waals surface area contributed by atoms with Crippen molar-refractivity contribution in [3.63, 3.8) is 0 Å². The quantitative estimate of drug-likeness (QED) is 0.443. The van der Waals surface area contributed by atoms with Crippen LogP contribution < -0.4 is 4.74 Å². The summed E-state index contributed by atoms with van der Waals surface area (Å²) in [7, 11) is 1.63. The first-order valence-electron chi connectivity index (χ1n) is 10.0. The minimum Gasteiger partial charge on any atom is -0.497 e. The number of carbonyl (C=O) groups is 1. The van der Waals surface area contributed by atoms with Crippen molar-refractivity contribution in [3.8, 4) is 11.4 Å². The highest BCUT2D eigenvalue weighted by molar-refractivity contribution is 7.98. The van der Waals surface area contributed by atoms with Crippen LogP contribution in [0.25, 0.3) is 5.69 Å². The Morgan fingerprint density at radius 1 is 1.07 bits per heavy atom. The molecule has 1 saturated heterocycles. The number of amides is 1. The number of rotatable bonds is 6. The van der Waals surface area contributed by atoms with E-state index in [4.69, 9.17) is 4.74 Å². The lowest BCUT2D eigenvalue weighted by Gasteiger charge is -2.19. The summed E-state index contributed by atoms with van der Waals surface area (Å²) in [5.41, 5.74) is 1.96. The maximum absolute atomic E-state index is 13.3. The van der Waals surface area contributed by atoms with Crippen molar-refractivity contribution in [2.75, 3.05) is 20.2 Å². The Balaban J connectivity index is 1.66.